The first kappa shape index (κ1) is 36.6. The summed E-state index contributed by atoms with van der Waals surface area (Å²) in [5, 5.41) is 0. The van der Waals surface area contributed by atoms with Gasteiger partial charge in [-0.3, -0.25) is 0 Å². The molecule has 300 valence electrons. The number of nitrogens with zero attached hydrogens (tertiary/aromatic N) is 1. The average molecular weight is 814 g/mol. The largest absolute Gasteiger partial charge is 0.310 e. The fourth-order valence-corrected chi connectivity index (χ4v) is 11.7. The molecule has 0 spiro atoms. The zero-order valence-electron chi connectivity index (χ0n) is 35.5. The van der Waals surface area contributed by atoms with Gasteiger partial charge in [0, 0.05) is 22.4 Å². The standard InChI is InChI=1S/C63H43N/c1-62-58-39-45(31-34-50(58)43-20-8-3-9-21-43)51-26-15-17-29-61(51)64(49-32-36-54(60(62)41-49)53-35-30-44(38-59(53)62)42-18-6-2-7-19-42)48-33-37-57-55(40-48)52-27-14-16-28-56(52)63(57,46-22-10-4-11-23-46)47-24-12-5-13-25-47/h2-41H,1H3. The van der Waals surface area contributed by atoms with Gasteiger partial charge in [-0.15, -0.1) is 0 Å². The molecule has 0 N–H and O–H groups in total. The summed E-state index contributed by atoms with van der Waals surface area (Å²) in [4.78, 5) is 2.51. The Morgan fingerprint density at radius 1 is 0.281 bits per heavy atom. The van der Waals surface area contributed by atoms with Crippen LogP contribution in [0.4, 0.5) is 17.1 Å². The number of rotatable bonds is 5. The minimum Gasteiger partial charge on any atom is -0.310 e. The summed E-state index contributed by atoms with van der Waals surface area (Å²) in [6.45, 7) is 2.47. The van der Waals surface area contributed by atoms with Crippen LogP contribution in [0.15, 0.2) is 243 Å². The van der Waals surface area contributed by atoms with E-state index < -0.39 is 10.8 Å². The zero-order chi connectivity index (χ0) is 42.4. The molecule has 1 heteroatoms. The van der Waals surface area contributed by atoms with E-state index >= 15 is 0 Å². The van der Waals surface area contributed by atoms with Crippen molar-refractivity contribution in [3.8, 4) is 55.6 Å². The maximum absolute atomic E-state index is 2.51. The summed E-state index contributed by atoms with van der Waals surface area (Å²) in [6, 6.07) is 90.8. The second-order valence-corrected chi connectivity index (χ2v) is 17.7. The summed E-state index contributed by atoms with van der Waals surface area (Å²) >= 11 is 0. The molecule has 1 aliphatic heterocycles. The summed E-state index contributed by atoms with van der Waals surface area (Å²) in [6.07, 6.45) is 0. The Morgan fingerprint density at radius 3 is 1.47 bits per heavy atom. The van der Waals surface area contributed by atoms with Gasteiger partial charge in [0.2, 0.25) is 0 Å². The van der Waals surface area contributed by atoms with E-state index in [1.165, 1.54) is 94.6 Å². The van der Waals surface area contributed by atoms with Gasteiger partial charge in [0.25, 0.3) is 0 Å². The van der Waals surface area contributed by atoms with Gasteiger partial charge in [0.15, 0.2) is 0 Å². The van der Waals surface area contributed by atoms with Gasteiger partial charge in [-0.1, -0.05) is 200 Å². The van der Waals surface area contributed by atoms with Crippen LogP contribution >= 0.6 is 0 Å². The molecule has 10 aromatic rings. The molecule has 0 amide bonds. The van der Waals surface area contributed by atoms with Crippen molar-refractivity contribution < 1.29 is 0 Å². The Bertz CT molecular complexity index is 3400. The minimum absolute atomic E-state index is 0.465. The number of fused-ring (bicyclic) bond motifs is 12. The molecule has 1 atom stereocenters. The van der Waals surface area contributed by atoms with E-state index in [0.29, 0.717) is 0 Å². The number of anilines is 3. The van der Waals surface area contributed by atoms with Gasteiger partial charge in [0.05, 0.1) is 11.1 Å². The fourth-order valence-electron chi connectivity index (χ4n) is 11.7. The first-order valence-corrected chi connectivity index (χ1v) is 22.4. The molecule has 1 heterocycles. The summed E-state index contributed by atoms with van der Waals surface area (Å²) in [5.41, 5.74) is 24.1. The lowest BCUT2D eigenvalue weighted by molar-refractivity contribution is 0.716. The highest BCUT2D eigenvalue weighted by Crippen LogP contribution is 2.60. The second-order valence-electron chi connectivity index (χ2n) is 17.7. The molecule has 13 rings (SSSR count). The van der Waals surface area contributed by atoms with Crippen LogP contribution in [0.3, 0.4) is 0 Å². The van der Waals surface area contributed by atoms with E-state index in [0.717, 1.165) is 17.1 Å². The normalized spacial score (nSPS) is 15.7. The average Bonchev–Trinajstić information content (AvgIpc) is 3.81. The minimum atomic E-state index is -0.466. The van der Waals surface area contributed by atoms with Crippen LogP contribution in [0.2, 0.25) is 0 Å². The summed E-state index contributed by atoms with van der Waals surface area (Å²) in [7, 11) is 0. The lowest BCUT2D eigenvalue weighted by atomic mass is 9.68. The predicted octanol–water partition coefficient (Wildman–Crippen LogP) is 16.2. The lowest BCUT2D eigenvalue weighted by Gasteiger charge is -2.35. The fraction of sp³-hybridized carbons (Fsp3) is 0.0476. The topological polar surface area (TPSA) is 3.24 Å². The molecular formula is C63H43N. The van der Waals surface area contributed by atoms with Crippen LogP contribution in [0.25, 0.3) is 55.6 Å². The van der Waals surface area contributed by atoms with Crippen molar-refractivity contribution in [3.05, 3.63) is 282 Å². The third kappa shape index (κ3) is 5.13. The van der Waals surface area contributed by atoms with E-state index in [2.05, 4.69) is 254 Å². The highest BCUT2D eigenvalue weighted by atomic mass is 15.1. The maximum atomic E-state index is 2.51. The molecule has 1 unspecified atom stereocenters. The van der Waals surface area contributed by atoms with Gasteiger partial charge >= 0.3 is 0 Å². The highest BCUT2D eigenvalue weighted by Gasteiger charge is 2.47. The first-order chi connectivity index (χ1) is 31.6. The summed E-state index contributed by atoms with van der Waals surface area (Å²) in [5.74, 6) is 0. The van der Waals surface area contributed by atoms with Gasteiger partial charge < -0.3 is 4.90 Å². The van der Waals surface area contributed by atoms with Crippen LogP contribution in [0.1, 0.15) is 45.9 Å². The van der Waals surface area contributed by atoms with Crippen LogP contribution in [0.5, 0.6) is 0 Å². The third-order valence-corrected chi connectivity index (χ3v) is 14.6. The highest BCUT2D eigenvalue weighted by molar-refractivity contribution is 5.97. The van der Waals surface area contributed by atoms with E-state index in [1.807, 2.05) is 0 Å². The Kier molecular flexibility index (Phi) is 8.02. The molecule has 0 saturated heterocycles. The zero-order valence-corrected chi connectivity index (χ0v) is 35.5. The van der Waals surface area contributed by atoms with E-state index in [9.17, 15) is 0 Å². The van der Waals surface area contributed by atoms with Crippen molar-refractivity contribution in [1.29, 1.82) is 0 Å². The maximum Gasteiger partial charge on any atom is 0.0713 e. The second kappa shape index (κ2) is 14.0. The molecule has 64 heavy (non-hydrogen) atoms. The first-order valence-electron chi connectivity index (χ1n) is 22.4. The van der Waals surface area contributed by atoms with Crippen molar-refractivity contribution in [1.82, 2.24) is 0 Å². The van der Waals surface area contributed by atoms with E-state index in [4.69, 9.17) is 0 Å². The van der Waals surface area contributed by atoms with E-state index in [1.54, 1.807) is 0 Å². The Balaban J connectivity index is 1.09. The molecule has 10 aromatic carbocycles. The van der Waals surface area contributed by atoms with Crippen molar-refractivity contribution in [2.45, 2.75) is 17.8 Å². The Morgan fingerprint density at radius 2 is 0.750 bits per heavy atom. The monoisotopic (exact) mass is 813 g/mol. The van der Waals surface area contributed by atoms with Crippen LogP contribution in [-0.4, -0.2) is 0 Å². The molecule has 3 aliphatic rings. The number of hydrogen-bond donors (Lipinski definition) is 0. The molecule has 0 aromatic heterocycles. The Labute approximate surface area is 375 Å². The molecule has 2 aliphatic carbocycles. The van der Waals surface area contributed by atoms with Gasteiger partial charge in [-0.25, -0.2) is 0 Å². The molecule has 0 radical (unpaired) electrons. The lowest BCUT2D eigenvalue weighted by Crippen LogP contribution is -2.28. The van der Waals surface area contributed by atoms with E-state index in [-0.39, 0.29) is 0 Å². The smallest absolute Gasteiger partial charge is 0.0713 e. The SMILES string of the molecule is CC12c3cc(ccc3-c3ccccc3)-c3ccccc3N(c3ccc4c(c3)-c3ccccc3C4(c3ccccc3)c3ccccc3)c3ccc(c1c3)-c1ccc(-c3ccccc3)cc12. The molecule has 1 nitrogen and oxygen atoms in total. The number of hydrogen-bond acceptors (Lipinski definition) is 1. The van der Waals surface area contributed by atoms with Crippen molar-refractivity contribution in [2.75, 3.05) is 4.90 Å². The van der Waals surface area contributed by atoms with Crippen LogP contribution < -0.4 is 4.90 Å². The molecule has 0 fully saturated rings. The number of benzene rings is 10. The number of para-hydroxylation sites is 1. The van der Waals surface area contributed by atoms with Crippen LogP contribution in [0, 0.1) is 0 Å². The van der Waals surface area contributed by atoms with Crippen molar-refractivity contribution >= 4 is 17.1 Å². The molecule has 4 bridgehead atoms. The third-order valence-electron chi connectivity index (χ3n) is 14.6. The van der Waals surface area contributed by atoms with Gasteiger partial charge in [-0.05, 0) is 138 Å². The molecular weight excluding hydrogens is 771 g/mol. The van der Waals surface area contributed by atoms with Gasteiger partial charge in [-0.2, -0.15) is 0 Å². The van der Waals surface area contributed by atoms with Crippen LogP contribution in [-0.2, 0) is 10.8 Å². The predicted molar refractivity (Wildman–Crippen MR) is 266 cm³/mol. The summed E-state index contributed by atoms with van der Waals surface area (Å²) < 4.78 is 0. The molecule has 0 saturated carbocycles. The quantitative estimate of drug-likeness (QED) is 0.167. The van der Waals surface area contributed by atoms with Crippen molar-refractivity contribution in [2.24, 2.45) is 0 Å². The Hall–Kier alpha value is -8.00. The van der Waals surface area contributed by atoms with Crippen molar-refractivity contribution in [3.63, 3.8) is 0 Å². The van der Waals surface area contributed by atoms with Gasteiger partial charge in [0.1, 0.15) is 0 Å².